The van der Waals surface area contributed by atoms with Crippen molar-refractivity contribution in [2.75, 3.05) is 5.32 Å². The first-order valence-electron chi connectivity index (χ1n) is 6.72. The van der Waals surface area contributed by atoms with Crippen molar-refractivity contribution >= 4 is 11.6 Å². The summed E-state index contributed by atoms with van der Waals surface area (Å²) < 4.78 is 0. The Balaban J connectivity index is 1.94. The molecule has 1 saturated carbocycles. The van der Waals surface area contributed by atoms with Gasteiger partial charge in [0.25, 0.3) is 0 Å². The van der Waals surface area contributed by atoms with E-state index in [0.717, 1.165) is 37.8 Å². The number of aryl methyl sites for hydroxylation is 1. The molecule has 18 heavy (non-hydrogen) atoms. The summed E-state index contributed by atoms with van der Waals surface area (Å²) in [5.41, 5.74) is 1.25. The van der Waals surface area contributed by atoms with E-state index in [2.05, 4.69) is 12.2 Å². The van der Waals surface area contributed by atoms with E-state index in [1.54, 1.807) is 0 Å². The van der Waals surface area contributed by atoms with Gasteiger partial charge in [0.15, 0.2) is 0 Å². The van der Waals surface area contributed by atoms with Gasteiger partial charge in [0.2, 0.25) is 5.91 Å². The van der Waals surface area contributed by atoms with Crippen molar-refractivity contribution in [2.45, 2.75) is 51.0 Å². The Kier molecular flexibility index (Phi) is 4.02. The Bertz CT molecular complexity index is 422. The van der Waals surface area contributed by atoms with Crippen molar-refractivity contribution in [3.63, 3.8) is 0 Å². The van der Waals surface area contributed by atoms with Gasteiger partial charge >= 0.3 is 0 Å². The molecule has 98 valence electrons. The number of hydrogen-bond acceptors (Lipinski definition) is 2. The van der Waals surface area contributed by atoms with Gasteiger partial charge in [-0.05, 0) is 37.0 Å². The van der Waals surface area contributed by atoms with Crippen molar-refractivity contribution in [1.29, 1.82) is 0 Å². The number of rotatable bonds is 4. The average molecular weight is 247 g/mol. The van der Waals surface area contributed by atoms with Crippen LogP contribution in [0, 0.1) is 0 Å². The second-order valence-corrected chi connectivity index (χ2v) is 5.21. The van der Waals surface area contributed by atoms with Crippen LogP contribution in [-0.4, -0.2) is 16.6 Å². The van der Waals surface area contributed by atoms with Gasteiger partial charge in [0.05, 0.1) is 12.0 Å². The van der Waals surface area contributed by atoms with Gasteiger partial charge in [-0.25, -0.2) is 0 Å². The molecule has 0 heterocycles. The molecule has 2 N–H and O–H groups in total. The van der Waals surface area contributed by atoms with Crippen LogP contribution >= 0.6 is 0 Å². The molecular formula is C15H21NO2. The maximum absolute atomic E-state index is 11.9. The van der Waals surface area contributed by atoms with Crippen molar-refractivity contribution in [2.24, 2.45) is 0 Å². The molecule has 0 unspecified atom stereocenters. The largest absolute Gasteiger partial charge is 0.389 e. The van der Waals surface area contributed by atoms with Crippen LogP contribution in [-0.2, 0) is 11.2 Å². The number of carbonyl (C=O) groups excluding carboxylic acids is 1. The summed E-state index contributed by atoms with van der Waals surface area (Å²) in [7, 11) is 0. The van der Waals surface area contributed by atoms with E-state index in [0.29, 0.717) is 0 Å². The highest BCUT2D eigenvalue weighted by atomic mass is 16.3. The number of anilines is 1. The minimum atomic E-state index is -0.771. The molecule has 0 spiro atoms. The molecule has 0 aliphatic heterocycles. The van der Waals surface area contributed by atoms with E-state index in [1.807, 2.05) is 24.3 Å². The van der Waals surface area contributed by atoms with E-state index in [1.165, 1.54) is 5.56 Å². The lowest BCUT2D eigenvalue weighted by atomic mass is 9.97. The first-order valence-corrected chi connectivity index (χ1v) is 6.72. The van der Waals surface area contributed by atoms with Gasteiger partial charge in [-0.2, -0.15) is 0 Å². The number of benzene rings is 1. The third kappa shape index (κ3) is 3.33. The number of nitrogens with one attached hydrogen (secondary N) is 1. The lowest BCUT2D eigenvalue weighted by Gasteiger charge is -2.21. The second kappa shape index (κ2) is 5.53. The number of carbonyl (C=O) groups is 1. The first-order chi connectivity index (χ1) is 8.61. The highest BCUT2D eigenvalue weighted by Crippen LogP contribution is 2.32. The number of hydrogen-bond donors (Lipinski definition) is 2. The van der Waals surface area contributed by atoms with E-state index in [4.69, 9.17) is 0 Å². The second-order valence-electron chi connectivity index (χ2n) is 5.21. The third-order valence-corrected chi connectivity index (χ3v) is 3.64. The van der Waals surface area contributed by atoms with Crippen LogP contribution in [0.2, 0.25) is 0 Å². The third-order valence-electron chi connectivity index (χ3n) is 3.64. The van der Waals surface area contributed by atoms with Crippen LogP contribution in [0.4, 0.5) is 5.69 Å². The van der Waals surface area contributed by atoms with Crippen molar-refractivity contribution in [1.82, 2.24) is 0 Å². The van der Waals surface area contributed by atoms with Crippen LogP contribution in [0.1, 0.15) is 44.6 Å². The standard InChI is InChI=1S/C15H21NO2/c1-2-12-6-5-7-13(10-12)16-14(17)11-15(18)8-3-4-9-15/h5-7,10,18H,2-4,8-9,11H2,1H3,(H,16,17). The van der Waals surface area contributed by atoms with Crippen LogP contribution < -0.4 is 5.32 Å². The monoisotopic (exact) mass is 247 g/mol. The summed E-state index contributed by atoms with van der Waals surface area (Å²) in [5, 5.41) is 13.0. The minimum absolute atomic E-state index is 0.0901. The highest BCUT2D eigenvalue weighted by Gasteiger charge is 2.33. The Morgan fingerprint density at radius 1 is 1.39 bits per heavy atom. The van der Waals surface area contributed by atoms with Crippen LogP contribution in [0.5, 0.6) is 0 Å². The van der Waals surface area contributed by atoms with Gasteiger partial charge in [0, 0.05) is 5.69 Å². The fourth-order valence-corrected chi connectivity index (χ4v) is 2.58. The van der Waals surface area contributed by atoms with Crippen LogP contribution in [0.3, 0.4) is 0 Å². The predicted molar refractivity (Wildman–Crippen MR) is 72.5 cm³/mol. The summed E-state index contributed by atoms with van der Waals surface area (Å²) >= 11 is 0. The quantitative estimate of drug-likeness (QED) is 0.859. The molecule has 0 aromatic heterocycles. The SMILES string of the molecule is CCc1cccc(NC(=O)CC2(O)CCCC2)c1. The van der Waals surface area contributed by atoms with Gasteiger partial charge in [-0.1, -0.05) is 31.9 Å². The zero-order valence-corrected chi connectivity index (χ0v) is 10.9. The van der Waals surface area contributed by atoms with Crippen molar-refractivity contribution in [3.8, 4) is 0 Å². The van der Waals surface area contributed by atoms with Gasteiger partial charge in [0.1, 0.15) is 0 Å². The predicted octanol–water partition coefficient (Wildman–Crippen LogP) is 2.88. The molecule has 0 radical (unpaired) electrons. The molecule has 1 amide bonds. The van der Waals surface area contributed by atoms with Gasteiger partial charge in [-0.15, -0.1) is 0 Å². The molecule has 1 aliphatic rings. The van der Waals surface area contributed by atoms with Crippen molar-refractivity contribution in [3.05, 3.63) is 29.8 Å². The molecule has 0 atom stereocenters. The zero-order chi connectivity index (χ0) is 13.0. The topological polar surface area (TPSA) is 49.3 Å². The zero-order valence-electron chi connectivity index (χ0n) is 10.9. The lowest BCUT2D eigenvalue weighted by Crippen LogP contribution is -2.30. The van der Waals surface area contributed by atoms with Crippen LogP contribution in [0.15, 0.2) is 24.3 Å². The normalized spacial score (nSPS) is 17.7. The number of aliphatic hydroxyl groups is 1. The molecule has 2 rings (SSSR count). The maximum atomic E-state index is 11.9. The summed E-state index contributed by atoms with van der Waals surface area (Å²) in [6.45, 7) is 2.09. The maximum Gasteiger partial charge on any atom is 0.227 e. The Labute approximate surface area is 108 Å². The van der Waals surface area contributed by atoms with Crippen LogP contribution in [0.25, 0.3) is 0 Å². The highest BCUT2D eigenvalue weighted by molar-refractivity contribution is 5.91. The summed E-state index contributed by atoms with van der Waals surface area (Å²) in [6, 6.07) is 7.85. The molecule has 0 saturated heterocycles. The molecule has 1 aromatic rings. The average Bonchev–Trinajstić information content (AvgIpc) is 2.75. The molecule has 1 fully saturated rings. The molecule has 3 nitrogen and oxygen atoms in total. The molecule has 3 heteroatoms. The molecule has 0 bridgehead atoms. The summed E-state index contributed by atoms with van der Waals surface area (Å²) in [5.74, 6) is -0.0901. The molecular weight excluding hydrogens is 226 g/mol. The Hall–Kier alpha value is -1.35. The lowest BCUT2D eigenvalue weighted by molar-refractivity contribution is -0.120. The first kappa shape index (κ1) is 13.1. The van der Waals surface area contributed by atoms with E-state index in [9.17, 15) is 9.90 Å². The fourth-order valence-electron chi connectivity index (χ4n) is 2.58. The van der Waals surface area contributed by atoms with Crippen molar-refractivity contribution < 1.29 is 9.90 Å². The summed E-state index contributed by atoms with van der Waals surface area (Å²) in [4.78, 5) is 11.9. The molecule has 1 aliphatic carbocycles. The van der Waals surface area contributed by atoms with E-state index in [-0.39, 0.29) is 12.3 Å². The smallest absolute Gasteiger partial charge is 0.227 e. The van der Waals surface area contributed by atoms with E-state index < -0.39 is 5.60 Å². The minimum Gasteiger partial charge on any atom is -0.389 e. The van der Waals surface area contributed by atoms with E-state index >= 15 is 0 Å². The van der Waals surface area contributed by atoms with Gasteiger partial charge in [-0.3, -0.25) is 4.79 Å². The Morgan fingerprint density at radius 3 is 2.78 bits per heavy atom. The molecule has 1 aromatic carbocycles. The summed E-state index contributed by atoms with van der Waals surface area (Å²) in [6.07, 6.45) is 4.70. The fraction of sp³-hybridized carbons (Fsp3) is 0.533. The Morgan fingerprint density at radius 2 is 2.11 bits per heavy atom. The number of amides is 1. The van der Waals surface area contributed by atoms with Gasteiger partial charge < -0.3 is 10.4 Å².